The van der Waals surface area contributed by atoms with E-state index in [4.69, 9.17) is 67.5 Å². The standard InChI is InChI=1S/C14H5Cl5O4/c15-7-8(16)10(18)12(11(19)9(7)17)23-14(21)13(20)22-6-4-2-1-3-5-6/h1-5H. The van der Waals surface area contributed by atoms with Crippen LogP contribution in [0.25, 0.3) is 0 Å². The number of hydrogen-bond donors (Lipinski definition) is 0. The Morgan fingerprint density at radius 2 is 1.09 bits per heavy atom. The quantitative estimate of drug-likeness (QED) is 0.215. The van der Waals surface area contributed by atoms with Crippen molar-refractivity contribution in [1.29, 1.82) is 0 Å². The summed E-state index contributed by atoms with van der Waals surface area (Å²) in [7, 11) is 0. The van der Waals surface area contributed by atoms with Crippen LogP contribution in [0.1, 0.15) is 0 Å². The Bertz CT molecular complexity index is 747. The Hall–Kier alpha value is -1.17. The van der Waals surface area contributed by atoms with Gasteiger partial charge in [-0.15, -0.1) is 0 Å². The molecule has 0 aliphatic rings. The highest BCUT2D eigenvalue weighted by Gasteiger charge is 2.26. The lowest BCUT2D eigenvalue weighted by molar-refractivity contribution is -0.156. The second-order valence-electron chi connectivity index (χ2n) is 3.99. The Morgan fingerprint density at radius 1 is 0.652 bits per heavy atom. The van der Waals surface area contributed by atoms with Gasteiger partial charge in [-0.05, 0) is 12.1 Å². The second-order valence-corrected chi connectivity index (χ2v) is 5.88. The number of carbonyl (C=O) groups excluding carboxylic acids is 2. The van der Waals surface area contributed by atoms with E-state index < -0.39 is 11.9 Å². The van der Waals surface area contributed by atoms with Crippen molar-refractivity contribution >= 4 is 69.9 Å². The summed E-state index contributed by atoms with van der Waals surface area (Å²) in [5.74, 6) is -2.85. The van der Waals surface area contributed by atoms with Gasteiger partial charge in [0.1, 0.15) is 15.8 Å². The lowest BCUT2D eigenvalue weighted by Crippen LogP contribution is -2.25. The van der Waals surface area contributed by atoms with Crippen LogP contribution in [-0.4, -0.2) is 11.9 Å². The number of carbonyl (C=O) groups is 2. The molecule has 9 heteroatoms. The maximum absolute atomic E-state index is 11.8. The maximum Gasteiger partial charge on any atom is 0.423 e. The number of hydrogen-bond acceptors (Lipinski definition) is 4. The highest BCUT2D eigenvalue weighted by Crippen LogP contribution is 2.48. The third-order valence-corrected chi connectivity index (χ3v) is 4.73. The number of esters is 2. The van der Waals surface area contributed by atoms with E-state index in [1.54, 1.807) is 18.2 Å². The van der Waals surface area contributed by atoms with Crippen LogP contribution in [0.15, 0.2) is 30.3 Å². The van der Waals surface area contributed by atoms with E-state index in [1.165, 1.54) is 12.1 Å². The number of benzene rings is 2. The molecule has 0 saturated heterocycles. The SMILES string of the molecule is O=C(Oc1ccccc1)C(=O)Oc1c(Cl)c(Cl)c(Cl)c(Cl)c1Cl. The molecule has 0 spiro atoms. The molecule has 0 aromatic heterocycles. The predicted molar refractivity (Wildman–Crippen MR) is 89.2 cm³/mol. The fraction of sp³-hybridized carbons (Fsp3) is 0. The summed E-state index contributed by atoms with van der Waals surface area (Å²) < 4.78 is 9.64. The summed E-state index contributed by atoms with van der Waals surface area (Å²) in [5, 5.41) is -0.947. The fourth-order valence-electron chi connectivity index (χ4n) is 1.45. The minimum absolute atomic E-state index is 0.102. The third-order valence-electron chi connectivity index (χ3n) is 2.48. The van der Waals surface area contributed by atoms with Gasteiger partial charge in [0, 0.05) is 0 Å². The molecule has 0 radical (unpaired) electrons. The molecule has 0 bridgehead atoms. The second kappa shape index (κ2) is 7.60. The van der Waals surface area contributed by atoms with E-state index in [0.717, 1.165) is 0 Å². The van der Waals surface area contributed by atoms with Gasteiger partial charge in [-0.1, -0.05) is 76.2 Å². The smallest absolute Gasteiger partial charge is 0.418 e. The van der Waals surface area contributed by atoms with Crippen molar-refractivity contribution in [2.45, 2.75) is 0 Å². The summed E-state index contributed by atoms with van der Waals surface area (Å²) in [5.41, 5.74) is 0. The van der Waals surface area contributed by atoms with Crippen LogP contribution in [0.5, 0.6) is 11.5 Å². The lowest BCUT2D eigenvalue weighted by atomic mass is 10.3. The van der Waals surface area contributed by atoms with Crippen LogP contribution in [0.4, 0.5) is 0 Å². The van der Waals surface area contributed by atoms with Crippen molar-refractivity contribution in [3.05, 3.63) is 55.4 Å². The Kier molecular flexibility index (Phi) is 6.00. The van der Waals surface area contributed by atoms with Crippen molar-refractivity contribution in [2.75, 3.05) is 0 Å². The monoisotopic (exact) mass is 412 g/mol. The molecular weight excluding hydrogens is 409 g/mol. The molecule has 0 N–H and O–H groups in total. The first kappa shape index (κ1) is 18.2. The zero-order valence-corrected chi connectivity index (χ0v) is 14.7. The normalized spacial score (nSPS) is 10.3. The fourth-order valence-corrected chi connectivity index (χ4v) is 2.64. The maximum atomic E-state index is 11.8. The molecule has 2 aromatic rings. The lowest BCUT2D eigenvalue weighted by Gasteiger charge is -2.12. The van der Waals surface area contributed by atoms with Crippen molar-refractivity contribution in [1.82, 2.24) is 0 Å². The molecule has 2 rings (SSSR count). The number of rotatable bonds is 2. The molecule has 0 amide bonds. The molecule has 0 fully saturated rings. The van der Waals surface area contributed by atoms with Crippen LogP contribution in [0.2, 0.25) is 25.1 Å². The van der Waals surface area contributed by atoms with Gasteiger partial charge in [-0.3, -0.25) is 0 Å². The molecule has 0 aliphatic carbocycles. The summed E-state index contributed by atoms with van der Waals surface area (Å²) >= 11 is 29.3. The Labute approximate surface area is 155 Å². The Balaban J connectivity index is 2.22. The molecule has 0 unspecified atom stereocenters. The molecule has 0 atom stereocenters. The van der Waals surface area contributed by atoms with Gasteiger partial charge in [-0.25, -0.2) is 9.59 Å². The Morgan fingerprint density at radius 3 is 1.61 bits per heavy atom. The van der Waals surface area contributed by atoms with Gasteiger partial charge in [0.2, 0.25) is 0 Å². The molecule has 0 saturated carbocycles. The van der Waals surface area contributed by atoms with E-state index in [0.29, 0.717) is 0 Å². The van der Waals surface area contributed by atoms with E-state index in [-0.39, 0.29) is 36.6 Å². The van der Waals surface area contributed by atoms with Gasteiger partial charge in [0.05, 0.1) is 15.1 Å². The highest BCUT2D eigenvalue weighted by molar-refractivity contribution is 6.55. The van der Waals surface area contributed by atoms with Gasteiger partial charge < -0.3 is 9.47 Å². The number of ether oxygens (including phenoxy) is 2. The third kappa shape index (κ3) is 4.03. The first-order valence-electron chi connectivity index (χ1n) is 5.83. The minimum atomic E-state index is -1.35. The summed E-state index contributed by atoms with van der Waals surface area (Å²) in [6.45, 7) is 0. The minimum Gasteiger partial charge on any atom is -0.418 e. The molecular formula is C14H5Cl5O4. The van der Waals surface area contributed by atoms with Crippen LogP contribution < -0.4 is 9.47 Å². The van der Waals surface area contributed by atoms with E-state index in [9.17, 15) is 9.59 Å². The molecule has 120 valence electrons. The molecule has 0 aliphatic heterocycles. The number of halogens is 5. The topological polar surface area (TPSA) is 52.6 Å². The van der Waals surface area contributed by atoms with Crippen LogP contribution in [0.3, 0.4) is 0 Å². The van der Waals surface area contributed by atoms with Gasteiger partial charge in [0.15, 0.2) is 5.75 Å². The first-order chi connectivity index (χ1) is 10.8. The van der Waals surface area contributed by atoms with Gasteiger partial charge in [-0.2, -0.15) is 0 Å². The van der Waals surface area contributed by atoms with Gasteiger partial charge >= 0.3 is 11.9 Å². The summed E-state index contributed by atoms with van der Waals surface area (Å²) in [4.78, 5) is 23.5. The van der Waals surface area contributed by atoms with E-state index in [2.05, 4.69) is 0 Å². The first-order valence-corrected chi connectivity index (χ1v) is 7.72. The van der Waals surface area contributed by atoms with Crippen LogP contribution in [0, 0.1) is 0 Å². The van der Waals surface area contributed by atoms with Crippen molar-refractivity contribution in [2.24, 2.45) is 0 Å². The van der Waals surface area contributed by atoms with Crippen LogP contribution >= 0.6 is 58.0 Å². The average molecular weight is 414 g/mol. The largest absolute Gasteiger partial charge is 0.423 e. The summed E-state index contributed by atoms with van der Waals surface area (Å²) in [6, 6.07) is 7.94. The zero-order valence-electron chi connectivity index (χ0n) is 10.9. The molecule has 4 nitrogen and oxygen atoms in total. The van der Waals surface area contributed by atoms with E-state index >= 15 is 0 Å². The highest BCUT2D eigenvalue weighted by atomic mass is 35.5. The summed E-state index contributed by atoms with van der Waals surface area (Å²) in [6.07, 6.45) is 0. The van der Waals surface area contributed by atoms with Gasteiger partial charge in [0.25, 0.3) is 0 Å². The molecule has 0 heterocycles. The predicted octanol–water partition coefficient (Wildman–Crippen LogP) is 5.46. The molecule has 2 aromatic carbocycles. The van der Waals surface area contributed by atoms with E-state index in [1.807, 2.05) is 0 Å². The zero-order chi connectivity index (χ0) is 17.1. The van der Waals surface area contributed by atoms with Crippen molar-refractivity contribution in [3.8, 4) is 11.5 Å². The average Bonchev–Trinajstić information content (AvgIpc) is 2.55. The molecule has 23 heavy (non-hydrogen) atoms. The van der Waals surface area contributed by atoms with Crippen LogP contribution in [-0.2, 0) is 9.59 Å². The van der Waals surface area contributed by atoms with Crippen molar-refractivity contribution in [3.63, 3.8) is 0 Å². The number of para-hydroxylation sites is 1. The van der Waals surface area contributed by atoms with Crippen molar-refractivity contribution < 1.29 is 19.1 Å².